The molecule has 4 rings (SSSR count). The van der Waals surface area contributed by atoms with E-state index in [4.69, 9.17) is 10.5 Å². The predicted molar refractivity (Wildman–Crippen MR) is 133 cm³/mol. The van der Waals surface area contributed by atoms with Gasteiger partial charge < -0.3 is 10.5 Å². The van der Waals surface area contributed by atoms with Crippen LogP contribution >= 0.6 is 31.9 Å². The normalized spacial score (nSPS) is 11.1. The van der Waals surface area contributed by atoms with E-state index in [0.29, 0.717) is 17.7 Å². The Morgan fingerprint density at radius 1 is 1.12 bits per heavy atom. The molecule has 0 atom stereocenters. The summed E-state index contributed by atoms with van der Waals surface area (Å²) >= 11 is 7.06. The van der Waals surface area contributed by atoms with Gasteiger partial charge >= 0.3 is 0 Å². The van der Waals surface area contributed by atoms with Crippen LogP contribution < -0.4 is 10.5 Å². The van der Waals surface area contributed by atoms with Gasteiger partial charge in [0, 0.05) is 41.5 Å². The van der Waals surface area contributed by atoms with Crippen LogP contribution in [-0.2, 0) is 26.5 Å². The summed E-state index contributed by atoms with van der Waals surface area (Å²) in [6.07, 6.45) is 4.78. The SMILES string of the molecule is CCc1nn(C)c(Cc2cccnc2-c2ccc(F)cc2COc2cc(Br)cnc2N)c1Br. The van der Waals surface area contributed by atoms with Crippen LogP contribution in [0.1, 0.15) is 29.4 Å². The first-order chi connectivity index (χ1) is 15.9. The van der Waals surface area contributed by atoms with Crippen molar-refractivity contribution in [3.63, 3.8) is 0 Å². The van der Waals surface area contributed by atoms with Crippen LogP contribution in [0.2, 0.25) is 0 Å². The highest BCUT2D eigenvalue weighted by atomic mass is 79.9. The molecule has 0 spiro atoms. The minimum absolute atomic E-state index is 0.112. The molecular formula is C24H22Br2FN5O. The summed E-state index contributed by atoms with van der Waals surface area (Å²) in [7, 11) is 1.93. The number of aromatic nitrogens is 4. The van der Waals surface area contributed by atoms with E-state index in [0.717, 1.165) is 43.6 Å². The lowest BCUT2D eigenvalue weighted by molar-refractivity contribution is 0.306. The van der Waals surface area contributed by atoms with E-state index >= 15 is 0 Å². The van der Waals surface area contributed by atoms with Crippen LogP contribution in [0.3, 0.4) is 0 Å². The summed E-state index contributed by atoms with van der Waals surface area (Å²) in [5.74, 6) is 0.339. The quantitative estimate of drug-likeness (QED) is 0.299. The number of benzene rings is 1. The van der Waals surface area contributed by atoms with E-state index in [1.807, 2.05) is 23.9 Å². The van der Waals surface area contributed by atoms with Gasteiger partial charge in [-0.3, -0.25) is 9.67 Å². The third-order valence-corrected chi connectivity index (χ3v) is 6.66. The Bertz CT molecular complexity index is 1310. The summed E-state index contributed by atoms with van der Waals surface area (Å²) in [5, 5.41) is 4.59. The molecule has 0 aliphatic heterocycles. The van der Waals surface area contributed by atoms with Gasteiger partial charge in [0.05, 0.1) is 21.6 Å². The Morgan fingerprint density at radius 3 is 2.70 bits per heavy atom. The zero-order valence-electron chi connectivity index (χ0n) is 18.1. The van der Waals surface area contributed by atoms with Crippen LogP contribution in [-0.4, -0.2) is 19.7 Å². The zero-order chi connectivity index (χ0) is 23.5. The van der Waals surface area contributed by atoms with Crippen LogP contribution in [0.4, 0.5) is 10.2 Å². The fourth-order valence-corrected chi connectivity index (χ4v) is 4.70. The molecule has 0 saturated carbocycles. The molecule has 0 radical (unpaired) electrons. The first kappa shape index (κ1) is 23.4. The molecule has 0 saturated heterocycles. The lowest BCUT2D eigenvalue weighted by atomic mass is 9.98. The largest absolute Gasteiger partial charge is 0.485 e. The Morgan fingerprint density at radius 2 is 1.94 bits per heavy atom. The number of nitrogens with two attached hydrogens (primary N) is 1. The van der Waals surface area contributed by atoms with Gasteiger partial charge in [-0.1, -0.05) is 13.0 Å². The van der Waals surface area contributed by atoms with Gasteiger partial charge in [-0.25, -0.2) is 9.37 Å². The van der Waals surface area contributed by atoms with Gasteiger partial charge in [-0.05, 0) is 74.2 Å². The summed E-state index contributed by atoms with van der Waals surface area (Å²) in [4.78, 5) is 8.72. The number of pyridine rings is 2. The molecule has 0 bridgehead atoms. The van der Waals surface area contributed by atoms with Crippen molar-refractivity contribution in [2.75, 3.05) is 5.73 Å². The van der Waals surface area contributed by atoms with Crippen LogP contribution in [0, 0.1) is 5.82 Å². The van der Waals surface area contributed by atoms with E-state index < -0.39 is 0 Å². The standard InChI is InChI=1S/C24H22Br2FN5O/c1-3-19-22(26)20(32(2)31-19)10-14-5-4-8-29-23(14)18-7-6-17(27)9-15(18)13-33-21-11-16(25)12-30-24(21)28/h4-9,11-12H,3,10,13H2,1-2H3,(H2,28,30). The number of nitrogen functional groups attached to an aromatic ring is 1. The van der Waals surface area contributed by atoms with Gasteiger partial charge in [0.25, 0.3) is 0 Å². The molecule has 0 aliphatic carbocycles. The molecule has 0 unspecified atom stereocenters. The number of hydrogen-bond acceptors (Lipinski definition) is 5. The van der Waals surface area contributed by atoms with E-state index in [9.17, 15) is 4.39 Å². The number of halogens is 3. The Hall–Kier alpha value is -2.78. The van der Waals surface area contributed by atoms with Crippen molar-refractivity contribution in [3.05, 3.63) is 86.1 Å². The molecule has 0 aliphatic rings. The fraction of sp³-hybridized carbons (Fsp3) is 0.208. The van der Waals surface area contributed by atoms with Crippen molar-refractivity contribution in [1.29, 1.82) is 0 Å². The Balaban J connectivity index is 1.70. The number of anilines is 1. The molecule has 0 fully saturated rings. The van der Waals surface area contributed by atoms with Crippen molar-refractivity contribution in [1.82, 2.24) is 19.7 Å². The average molecular weight is 575 g/mol. The summed E-state index contributed by atoms with van der Waals surface area (Å²) in [6, 6.07) is 10.3. The zero-order valence-corrected chi connectivity index (χ0v) is 21.3. The van der Waals surface area contributed by atoms with Crippen LogP contribution in [0.25, 0.3) is 11.3 Å². The van der Waals surface area contributed by atoms with Crippen molar-refractivity contribution in [3.8, 4) is 17.0 Å². The molecule has 3 aromatic heterocycles. The Kier molecular flexibility index (Phi) is 7.09. The molecule has 33 heavy (non-hydrogen) atoms. The van der Waals surface area contributed by atoms with Gasteiger partial charge in [-0.15, -0.1) is 0 Å². The number of hydrogen-bond donors (Lipinski definition) is 1. The number of rotatable bonds is 7. The highest BCUT2D eigenvalue weighted by Crippen LogP contribution is 2.32. The van der Waals surface area contributed by atoms with Crippen molar-refractivity contribution in [2.45, 2.75) is 26.4 Å². The highest BCUT2D eigenvalue weighted by Gasteiger charge is 2.18. The van der Waals surface area contributed by atoms with E-state index in [1.165, 1.54) is 12.1 Å². The molecule has 0 amide bonds. The Labute approximate surface area is 208 Å². The molecule has 9 heteroatoms. The third kappa shape index (κ3) is 5.09. The van der Waals surface area contributed by atoms with Gasteiger partial charge in [0.1, 0.15) is 12.4 Å². The average Bonchev–Trinajstić information content (AvgIpc) is 3.08. The molecule has 3 heterocycles. The molecule has 1 aromatic carbocycles. The van der Waals surface area contributed by atoms with Crippen molar-refractivity contribution < 1.29 is 9.13 Å². The second-order valence-corrected chi connectivity index (χ2v) is 9.21. The van der Waals surface area contributed by atoms with Gasteiger partial charge in [0.2, 0.25) is 0 Å². The molecular weight excluding hydrogens is 553 g/mol. The molecule has 6 nitrogen and oxygen atoms in total. The van der Waals surface area contributed by atoms with E-state index in [1.54, 1.807) is 24.5 Å². The van der Waals surface area contributed by atoms with Gasteiger partial charge in [-0.2, -0.15) is 5.10 Å². The van der Waals surface area contributed by atoms with E-state index in [-0.39, 0.29) is 18.2 Å². The second kappa shape index (κ2) is 10.0. The molecule has 170 valence electrons. The summed E-state index contributed by atoms with van der Waals surface area (Å²) < 4.78 is 23.7. The maximum atomic E-state index is 14.2. The third-order valence-electron chi connectivity index (χ3n) is 5.31. The number of aryl methyl sites for hydroxylation is 2. The highest BCUT2D eigenvalue weighted by molar-refractivity contribution is 9.10. The van der Waals surface area contributed by atoms with Crippen molar-refractivity contribution in [2.24, 2.45) is 7.05 Å². The van der Waals surface area contributed by atoms with Gasteiger partial charge in [0.15, 0.2) is 11.6 Å². The first-order valence-electron chi connectivity index (χ1n) is 10.3. The monoisotopic (exact) mass is 573 g/mol. The molecule has 4 aromatic rings. The molecule has 2 N–H and O–H groups in total. The maximum absolute atomic E-state index is 14.2. The first-order valence-corrected chi connectivity index (χ1v) is 11.9. The lowest BCUT2D eigenvalue weighted by Crippen LogP contribution is -2.05. The minimum Gasteiger partial charge on any atom is -0.485 e. The maximum Gasteiger partial charge on any atom is 0.166 e. The van der Waals surface area contributed by atoms with E-state index in [2.05, 4.69) is 53.9 Å². The second-order valence-electron chi connectivity index (χ2n) is 7.50. The smallest absolute Gasteiger partial charge is 0.166 e. The summed E-state index contributed by atoms with van der Waals surface area (Å²) in [5.41, 5.74) is 11.2. The topological polar surface area (TPSA) is 78.8 Å². The number of ether oxygens (including phenoxy) is 1. The fourth-order valence-electron chi connectivity index (χ4n) is 3.63. The van der Waals surface area contributed by atoms with Crippen LogP contribution in [0.15, 0.2) is 57.7 Å². The lowest BCUT2D eigenvalue weighted by Gasteiger charge is -2.15. The summed E-state index contributed by atoms with van der Waals surface area (Å²) in [6.45, 7) is 2.19. The predicted octanol–water partition coefficient (Wildman–Crippen LogP) is 5.86. The van der Waals surface area contributed by atoms with Crippen LogP contribution in [0.5, 0.6) is 5.75 Å². The van der Waals surface area contributed by atoms with Crippen molar-refractivity contribution >= 4 is 37.7 Å². The minimum atomic E-state index is -0.350. The number of nitrogens with zero attached hydrogens (tertiary/aromatic N) is 4.